The molecule has 23 heavy (non-hydrogen) atoms. The number of ether oxygens (including phenoxy) is 1. The van der Waals surface area contributed by atoms with Crippen LogP contribution in [-0.4, -0.2) is 24.5 Å². The number of hydrogen-bond acceptors (Lipinski definition) is 4. The summed E-state index contributed by atoms with van der Waals surface area (Å²) in [6.45, 7) is 7.87. The molecule has 0 aliphatic rings. The van der Waals surface area contributed by atoms with Crippen molar-refractivity contribution in [2.24, 2.45) is 5.92 Å². The molecule has 0 aliphatic carbocycles. The Morgan fingerprint density at radius 2 is 1.87 bits per heavy atom. The van der Waals surface area contributed by atoms with Crippen LogP contribution in [-0.2, 0) is 14.3 Å². The van der Waals surface area contributed by atoms with Gasteiger partial charge in [0, 0.05) is 6.54 Å². The Kier molecular flexibility index (Phi) is 7.01. The van der Waals surface area contributed by atoms with Crippen LogP contribution in [0.15, 0.2) is 29.8 Å². The number of amides is 1. The summed E-state index contributed by atoms with van der Waals surface area (Å²) < 4.78 is 5.05. The molecule has 0 radical (unpaired) electrons. The first-order valence-electron chi connectivity index (χ1n) is 7.50. The second-order valence-corrected chi connectivity index (χ2v) is 5.77. The quantitative estimate of drug-likeness (QED) is 0.497. The van der Waals surface area contributed by atoms with Gasteiger partial charge in [0.05, 0.1) is 0 Å². The van der Waals surface area contributed by atoms with Crippen LogP contribution in [0.5, 0.6) is 0 Å². The Morgan fingerprint density at radius 3 is 2.39 bits per heavy atom. The zero-order chi connectivity index (χ0) is 17.4. The maximum atomic E-state index is 12.0. The first-order valence-corrected chi connectivity index (χ1v) is 7.50. The lowest BCUT2D eigenvalue weighted by atomic mass is 10.1. The third-order valence-corrected chi connectivity index (χ3v) is 3.07. The van der Waals surface area contributed by atoms with Crippen LogP contribution < -0.4 is 5.32 Å². The molecule has 0 unspecified atom stereocenters. The van der Waals surface area contributed by atoms with Gasteiger partial charge in [-0.05, 0) is 31.4 Å². The molecule has 1 N–H and O–H groups in total. The molecule has 0 saturated heterocycles. The van der Waals surface area contributed by atoms with Crippen LogP contribution in [0.4, 0.5) is 0 Å². The SMILES string of the molecule is Cc1ccc(/C=C(\C#N)C(=O)O[C@@H](C)C(=O)NCC(C)C)cc1. The first-order chi connectivity index (χ1) is 10.8. The zero-order valence-corrected chi connectivity index (χ0v) is 13.9. The van der Waals surface area contributed by atoms with Gasteiger partial charge in [-0.15, -0.1) is 0 Å². The Balaban J connectivity index is 2.72. The average molecular weight is 314 g/mol. The summed E-state index contributed by atoms with van der Waals surface area (Å²) in [6.07, 6.45) is 0.497. The third-order valence-electron chi connectivity index (χ3n) is 3.07. The van der Waals surface area contributed by atoms with Gasteiger partial charge in [0.1, 0.15) is 11.6 Å². The van der Waals surface area contributed by atoms with E-state index in [1.54, 1.807) is 12.1 Å². The molecule has 5 nitrogen and oxygen atoms in total. The van der Waals surface area contributed by atoms with Crippen LogP contribution in [0, 0.1) is 24.2 Å². The molecule has 1 amide bonds. The number of rotatable bonds is 6. The average Bonchev–Trinajstić information content (AvgIpc) is 2.51. The zero-order valence-electron chi connectivity index (χ0n) is 13.9. The molecular weight excluding hydrogens is 292 g/mol. The second kappa shape index (κ2) is 8.74. The molecule has 1 atom stereocenters. The highest BCUT2D eigenvalue weighted by Crippen LogP contribution is 2.10. The fraction of sp³-hybridized carbons (Fsp3) is 0.389. The molecule has 1 aromatic rings. The number of hydrogen-bond donors (Lipinski definition) is 1. The van der Waals surface area contributed by atoms with Gasteiger partial charge in [-0.1, -0.05) is 43.7 Å². The number of benzene rings is 1. The maximum absolute atomic E-state index is 12.0. The van der Waals surface area contributed by atoms with Crippen molar-refractivity contribution in [3.05, 3.63) is 41.0 Å². The highest BCUT2D eigenvalue weighted by Gasteiger charge is 2.20. The lowest BCUT2D eigenvalue weighted by Gasteiger charge is -2.14. The number of esters is 1. The van der Waals surface area contributed by atoms with Crippen molar-refractivity contribution < 1.29 is 14.3 Å². The predicted octanol–water partition coefficient (Wildman–Crippen LogP) is 2.61. The van der Waals surface area contributed by atoms with E-state index < -0.39 is 12.1 Å². The smallest absolute Gasteiger partial charge is 0.349 e. The van der Waals surface area contributed by atoms with Crippen LogP contribution in [0.2, 0.25) is 0 Å². The van der Waals surface area contributed by atoms with Crippen LogP contribution in [0.3, 0.4) is 0 Å². The maximum Gasteiger partial charge on any atom is 0.349 e. The van der Waals surface area contributed by atoms with E-state index in [-0.39, 0.29) is 11.5 Å². The second-order valence-electron chi connectivity index (χ2n) is 5.77. The van der Waals surface area contributed by atoms with E-state index in [2.05, 4.69) is 5.32 Å². The monoisotopic (exact) mass is 314 g/mol. The summed E-state index contributed by atoms with van der Waals surface area (Å²) >= 11 is 0. The number of carbonyl (C=O) groups is 2. The third kappa shape index (κ3) is 6.35. The van der Waals surface area contributed by atoms with Crippen molar-refractivity contribution in [2.75, 3.05) is 6.54 Å². The molecule has 0 spiro atoms. The van der Waals surface area contributed by atoms with Crippen molar-refractivity contribution in [2.45, 2.75) is 33.8 Å². The highest BCUT2D eigenvalue weighted by atomic mass is 16.5. The summed E-state index contributed by atoms with van der Waals surface area (Å²) in [5.41, 5.74) is 1.66. The van der Waals surface area contributed by atoms with Crippen molar-refractivity contribution >= 4 is 18.0 Å². The van der Waals surface area contributed by atoms with E-state index in [0.29, 0.717) is 12.5 Å². The van der Waals surface area contributed by atoms with Gasteiger partial charge in [-0.2, -0.15) is 5.26 Å². The van der Waals surface area contributed by atoms with Gasteiger partial charge in [-0.25, -0.2) is 4.79 Å². The van der Waals surface area contributed by atoms with Gasteiger partial charge in [-0.3, -0.25) is 4.79 Å². The minimum atomic E-state index is -0.948. The van der Waals surface area contributed by atoms with Gasteiger partial charge in [0.2, 0.25) is 0 Å². The van der Waals surface area contributed by atoms with Crippen LogP contribution >= 0.6 is 0 Å². The molecule has 0 aliphatic heterocycles. The van der Waals surface area contributed by atoms with Gasteiger partial charge in [0.15, 0.2) is 6.10 Å². The molecular formula is C18H22N2O3. The van der Waals surface area contributed by atoms with E-state index in [1.807, 2.05) is 39.0 Å². The standard InChI is InChI=1S/C18H22N2O3/c1-12(2)11-20-17(21)14(4)23-18(22)16(10-19)9-15-7-5-13(3)6-8-15/h5-9,12,14H,11H2,1-4H3,(H,20,21)/b16-9+/t14-/m0/s1. The number of carbonyl (C=O) groups excluding carboxylic acids is 2. The predicted molar refractivity (Wildman–Crippen MR) is 88.2 cm³/mol. The Morgan fingerprint density at radius 1 is 1.26 bits per heavy atom. The Hall–Kier alpha value is -2.61. The van der Waals surface area contributed by atoms with Crippen molar-refractivity contribution in [1.82, 2.24) is 5.32 Å². The Bertz CT molecular complexity index is 625. The summed E-state index contributed by atoms with van der Waals surface area (Å²) in [4.78, 5) is 23.8. The Labute approximate surface area is 137 Å². The fourth-order valence-corrected chi connectivity index (χ4v) is 1.69. The first kappa shape index (κ1) is 18.4. The largest absolute Gasteiger partial charge is 0.448 e. The van der Waals surface area contributed by atoms with Crippen LogP contribution in [0.1, 0.15) is 31.9 Å². The highest BCUT2D eigenvalue weighted by molar-refractivity contribution is 5.99. The molecule has 0 bridgehead atoms. The van der Waals surface area contributed by atoms with Gasteiger partial charge < -0.3 is 10.1 Å². The molecule has 122 valence electrons. The number of aryl methyl sites for hydroxylation is 1. The minimum absolute atomic E-state index is 0.141. The minimum Gasteiger partial charge on any atom is -0.448 e. The van der Waals surface area contributed by atoms with Crippen molar-refractivity contribution in [3.63, 3.8) is 0 Å². The number of nitriles is 1. The van der Waals surface area contributed by atoms with E-state index in [0.717, 1.165) is 11.1 Å². The van der Waals surface area contributed by atoms with Gasteiger partial charge in [0.25, 0.3) is 5.91 Å². The molecule has 5 heteroatoms. The lowest BCUT2D eigenvalue weighted by Crippen LogP contribution is -2.37. The molecule has 1 rings (SSSR count). The summed E-state index contributed by atoms with van der Waals surface area (Å²) in [7, 11) is 0. The topological polar surface area (TPSA) is 79.2 Å². The number of nitrogens with one attached hydrogen (secondary N) is 1. The van der Waals surface area contributed by atoms with Gasteiger partial charge >= 0.3 is 5.97 Å². The molecule has 1 aromatic carbocycles. The lowest BCUT2D eigenvalue weighted by molar-refractivity contribution is -0.150. The summed E-state index contributed by atoms with van der Waals surface area (Å²) in [5, 5.41) is 11.8. The van der Waals surface area contributed by atoms with Crippen LogP contribution in [0.25, 0.3) is 6.08 Å². The fourth-order valence-electron chi connectivity index (χ4n) is 1.69. The molecule has 0 fully saturated rings. The molecule has 0 aromatic heterocycles. The molecule has 0 heterocycles. The molecule has 0 saturated carbocycles. The summed E-state index contributed by atoms with van der Waals surface area (Å²) in [5.74, 6) is -0.877. The van der Waals surface area contributed by atoms with E-state index in [1.165, 1.54) is 13.0 Å². The van der Waals surface area contributed by atoms with E-state index in [9.17, 15) is 9.59 Å². The normalized spacial score (nSPS) is 12.4. The summed E-state index contributed by atoms with van der Waals surface area (Å²) in [6, 6.07) is 9.19. The number of nitrogens with zero attached hydrogens (tertiary/aromatic N) is 1. The van der Waals surface area contributed by atoms with Crippen molar-refractivity contribution in [3.8, 4) is 6.07 Å². The van der Waals surface area contributed by atoms with Crippen molar-refractivity contribution in [1.29, 1.82) is 5.26 Å². The van der Waals surface area contributed by atoms with E-state index >= 15 is 0 Å². The van der Waals surface area contributed by atoms with E-state index in [4.69, 9.17) is 10.00 Å².